The second kappa shape index (κ2) is 4.93. The van der Waals surface area contributed by atoms with Gasteiger partial charge in [-0.1, -0.05) is 6.07 Å². The van der Waals surface area contributed by atoms with Crippen molar-refractivity contribution in [3.05, 3.63) is 58.5 Å². The Labute approximate surface area is 118 Å². The first-order valence-electron chi connectivity index (χ1n) is 5.86. The molecule has 0 saturated carbocycles. The summed E-state index contributed by atoms with van der Waals surface area (Å²) in [5, 5.41) is 12.2. The highest BCUT2D eigenvalue weighted by molar-refractivity contribution is 7.99. The van der Waals surface area contributed by atoms with Crippen LogP contribution in [0.15, 0.2) is 53.0 Å². The van der Waals surface area contributed by atoms with Gasteiger partial charge in [-0.2, -0.15) is 0 Å². The minimum atomic E-state index is -0.445. The van der Waals surface area contributed by atoms with E-state index in [-0.39, 0.29) is 5.69 Å². The van der Waals surface area contributed by atoms with Crippen LogP contribution in [0.5, 0.6) is 0 Å². The van der Waals surface area contributed by atoms with E-state index in [1.54, 1.807) is 13.1 Å². The second-order valence-electron chi connectivity index (χ2n) is 4.21. The summed E-state index contributed by atoms with van der Waals surface area (Å²) in [6.45, 7) is 1.80. The van der Waals surface area contributed by atoms with Gasteiger partial charge < -0.3 is 0 Å². The van der Waals surface area contributed by atoms with Crippen molar-refractivity contribution in [1.82, 2.24) is 14.4 Å². The molecular weight excluding hydrogens is 276 g/mol. The van der Waals surface area contributed by atoms with Crippen LogP contribution in [-0.2, 0) is 0 Å². The first kappa shape index (κ1) is 12.6. The lowest BCUT2D eigenvalue weighted by Gasteiger charge is -2.03. The summed E-state index contributed by atoms with van der Waals surface area (Å²) >= 11 is 1.39. The third-order valence-electron chi connectivity index (χ3n) is 2.82. The number of pyridine rings is 2. The van der Waals surface area contributed by atoms with E-state index < -0.39 is 4.92 Å². The fourth-order valence-corrected chi connectivity index (χ4v) is 2.70. The number of hydrogen-bond donors (Lipinski definition) is 0. The summed E-state index contributed by atoms with van der Waals surface area (Å²) < 4.78 is 1.95. The Kier molecular flexibility index (Phi) is 3.11. The normalized spacial score (nSPS) is 10.8. The number of aromatic nitrogens is 3. The van der Waals surface area contributed by atoms with E-state index in [0.717, 1.165) is 16.2 Å². The monoisotopic (exact) mass is 286 g/mol. The van der Waals surface area contributed by atoms with Crippen LogP contribution in [0.2, 0.25) is 0 Å². The highest BCUT2D eigenvalue weighted by atomic mass is 32.2. The number of hydrogen-bond acceptors (Lipinski definition) is 5. The van der Waals surface area contributed by atoms with Gasteiger partial charge >= 0.3 is 0 Å². The molecule has 0 bridgehead atoms. The van der Waals surface area contributed by atoms with E-state index in [4.69, 9.17) is 0 Å². The standard InChI is InChI=1S/C13H10N4O2S/c1-9-6-11(17(18)19)8-14-12(9)20-13-15-7-10-4-2-3-5-16(10)13/h2-8H,1H3. The van der Waals surface area contributed by atoms with Crippen LogP contribution in [0.4, 0.5) is 5.69 Å². The first-order chi connectivity index (χ1) is 9.65. The minimum Gasteiger partial charge on any atom is -0.295 e. The molecule has 0 fully saturated rings. The Morgan fingerprint density at radius 3 is 2.90 bits per heavy atom. The molecule has 0 radical (unpaired) electrons. The molecule has 6 nitrogen and oxygen atoms in total. The van der Waals surface area contributed by atoms with Crippen LogP contribution < -0.4 is 0 Å². The van der Waals surface area contributed by atoms with Gasteiger partial charge in [0.05, 0.1) is 16.6 Å². The Morgan fingerprint density at radius 1 is 1.30 bits per heavy atom. The topological polar surface area (TPSA) is 73.3 Å². The molecule has 0 saturated heterocycles. The van der Waals surface area contributed by atoms with Gasteiger partial charge in [-0.3, -0.25) is 14.5 Å². The van der Waals surface area contributed by atoms with Gasteiger partial charge in [0.25, 0.3) is 5.69 Å². The molecule has 0 N–H and O–H groups in total. The molecule has 3 aromatic rings. The molecule has 20 heavy (non-hydrogen) atoms. The maximum atomic E-state index is 10.7. The highest BCUT2D eigenvalue weighted by Crippen LogP contribution is 2.29. The van der Waals surface area contributed by atoms with E-state index in [1.807, 2.05) is 28.8 Å². The van der Waals surface area contributed by atoms with Gasteiger partial charge in [0.15, 0.2) is 5.16 Å². The average Bonchev–Trinajstić information content (AvgIpc) is 2.84. The number of fused-ring (bicyclic) bond motifs is 1. The van der Waals surface area contributed by atoms with Gasteiger partial charge in [0, 0.05) is 12.3 Å². The van der Waals surface area contributed by atoms with Crippen molar-refractivity contribution in [3.8, 4) is 0 Å². The highest BCUT2D eigenvalue weighted by Gasteiger charge is 2.12. The number of nitrogens with zero attached hydrogens (tertiary/aromatic N) is 4. The predicted octanol–water partition coefficient (Wildman–Crippen LogP) is 3.10. The summed E-state index contributed by atoms with van der Waals surface area (Å²) in [6.07, 6.45) is 4.97. The molecule has 0 amide bonds. The molecule has 0 unspecified atom stereocenters. The Balaban J connectivity index is 1.97. The largest absolute Gasteiger partial charge is 0.295 e. The number of aryl methyl sites for hydroxylation is 1. The maximum absolute atomic E-state index is 10.7. The maximum Gasteiger partial charge on any atom is 0.287 e. The molecule has 0 spiro atoms. The molecule has 0 aromatic carbocycles. The van der Waals surface area contributed by atoms with Crippen LogP contribution in [0.25, 0.3) is 5.52 Å². The van der Waals surface area contributed by atoms with E-state index in [0.29, 0.717) is 5.03 Å². The zero-order valence-electron chi connectivity index (χ0n) is 10.6. The summed E-state index contributed by atoms with van der Waals surface area (Å²) in [5.74, 6) is 0. The minimum absolute atomic E-state index is 0.000161. The van der Waals surface area contributed by atoms with Crippen molar-refractivity contribution < 1.29 is 4.92 Å². The molecule has 0 aliphatic carbocycles. The van der Waals surface area contributed by atoms with Crippen LogP contribution >= 0.6 is 11.8 Å². The Hall–Kier alpha value is -2.41. The van der Waals surface area contributed by atoms with Crippen LogP contribution in [0.1, 0.15) is 5.56 Å². The molecule has 3 rings (SSSR count). The molecule has 0 aliphatic rings. The van der Waals surface area contributed by atoms with Gasteiger partial charge in [0.1, 0.15) is 11.2 Å². The number of nitro groups is 1. The lowest BCUT2D eigenvalue weighted by molar-refractivity contribution is -0.385. The smallest absolute Gasteiger partial charge is 0.287 e. The quantitative estimate of drug-likeness (QED) is 0.546. The average molecular weight is 286 g/mol. The summed E-state index contributed by atoms with van der Waals surface area (Å²) in [4.78, 5) is 18.7. The SMILES string of the molecule is Cc1cc([N+](=O)[O-])cnc1Sc1ncc2ccccn12. The number of rotatable bonds is 3. The van der Waals surface area contributed by atoms with Gasteiger partial charge in [-0.25, -0.2) is 9.97 Å². The zero-order chi connectivity index (χ0) is 14.1. The van der Waals surface area contributed by atoms with Crippen LogP contribution in [0.3, 0.4) is 0 Å². The van der Waals surface area contributed by atoms with E-state index in [9.17, 15) is 10.1 Å². The molecular formula is C13H10N4O2S. The third-order valence-corrected chi connectivity index (χ3v) is 3.92. The molecule has 0 aliphatic heterocycles. The van der Waals surface area contributed by atoms with Gasteiger partial charge in [0.2, 0.25) is 0 Å². The molecule has 7 heteroatoms. The van der Waals surface area contributed by atoms with Crippen molar-refractivity contribution in [2.75, 3.05) is 0 Å². The molecule has 100 valence electrons. The summed E-state index contributed by atoms with van der Waals surface area (Å²) in [5.41, 5.74) is 1.76. The fourth-order valence-electron chi connectivity index (χ4n) is 1.84. The van der Waals surface area contributed by atoms with E-state index >= 15 is 0 Å². The van der Waals surface area contributed by atoms with Crippen LogP contribution in [-0.4, -0.2) is 19.3 Å². The lowest BCUT2D eigenvalue weighted by Crippen LogP contribution is -1.94. The fraction of sp³-hybridized carbons (Fsp3) is 0.0769. The van der Waals surface area contributed by atoms with Gasteiger partial charge in [-0.15, -0.1) is 0 Å². The predicted molar refractivity (Wildman–Crippen MR) is 74.9 cm³/mol. The zero-order valence-corrected chi connectivity index (χ0v) is 11.4. The van der Waals surface area contributed by atoms with Crippen LogP contribution in [0, 0.1) is 17.0 Å². The van der Waals surface area contributed by atoms with Crippen molar-refractivity contribution >= 4 is 23.0 Å². The second-order valence-corrected chi connectivity index (χ2v) is 5.17. The van der Waals surface area contributed by atoms with E-state index in [1.165, 1.54) is 24.0 Å². The summed E-state index contributed by atoms with van der Waals surface area (Å²) in [7, 11) is 0. The van der Waals surface area contributed by atoms with Gasteiger partial charge in [-0.05, 0) is 36.4 Å². The lowest BCUT2D eigenvalue weighted by atomic mass is 10.3. The van der Waals surface area contributed by atoms with Crippen molar-refractivity contribution in [3.63, 3.8) is 0 Å². The summed E-state index contributed by atoms with van der Waals surface area (Å²) in [6, 6.07) is 7.36. The Morgan fingerprint density at radius 2 is 2.15 bits per heavy atom. The Bertz CT molecular complexity index is 800. The van der Waals surface area contributed by atoms with Crippen molar-refractivity contribution in [1.29, 1.82) is 0 Å². The molecule has 3 aromatic heterocycles. The first-order valence-corrected chi connectivity index (χ1v) is 6.68. The number of imidazole rings is 1. The molecule has 0 atom stereocenters. The molecule has 3 heterocycles. The van der Waals surface area contributed by atoms with Crippen molar-refractivity contribution in [2.24, 2.45) is 0 Å². The van der Waals surface area contributed by atoms with Crippen molar-refractivity contribution in [2.45, 2.75) is 17.1 Å². The third kappa shape index (κ3) is 2.23. The van der Waals surface area contributed by atoms with E-state index in [2.05, 4.69) is 9.97 Å².